The van der Waals surface area contributed by atoms with Crippen molar-refractivity contribution < 1.29 is 28.5 Å². The normalized spacial score (nSPS) is 11.7. The number of nitrogens with zero attached hydrogens (tertiary/aromatic N) is 2. The Labute approximate surface area is 206 Å². The predicted octanol–water partition coefficient (Wildman–Crippen LogP) is 3.97. The molecule has 4 aromatic rings. The molecule has 2 aromatic carbocycles. The second kappa shape index (κ2) is 11.0. The third-order valence-electron chi connectivity index (χ3n) is 5.09. The number of amides is 1. The Kier molecular flexibility index (Phi) is 7.59. The summed E-state index contributed by atoms with van der Waals surface area (Å²) in [6.07, 6.45) is 0.554. The van der Waals surface area contributed by atoms with Gasteiger partial charge in [0.05, 0.1) is 26.2 Å². The molecule has 2 heterocycles. The summed E-state index contributed by atoms with van der Waals surface area (Å²) in [6, 6.07) is 17.4. The van der Waals surface area contributed by atoms with Crippen molar-refractivity contribution in [2.45, 2.75) is 6.10 Å². The van der Waals surface area contributed by atoms with Crippen LogP contribution in [0.4, 0.5) is 0 Å². The highest BCUT2D eigenvalue weighted by Crippen LogP contribution is 2.36. The summed E-state index contributed by atoms with van der Waals surface area (Å²) >= 11 is 6.00. The molecule has 0 aliphatic rings. The van der Waals surface area contributed by atoms with Gasteiger partial charge < -0.3 is 29.1 Å². The van der Waals surface area contributed by atoms with Gasteiger partial charge in [0.1, 0.15) is 18.4 Å². The lowest BCUT2D eigenvalue weighted by molar-refractivity contribution is 0.0829. The van der Waals surface area contributed by atoms with Crippen molar-refractivity contribution in [1.29, 1.82) is 0 Å². The van der Waals surface area contributed by atoms with Crippen molar-refractivity contribution in [1.82, 2.24) is 15.1 Å². The standard InChI is InChI=1S/C25H24ClN3O6/c1-32-22-5-3-6-23(33-2)24(22)35-15-18(30)14-27-25(31)19-13-20(21-7-4-12-34-21)29(28-19)17-10-8-16(26)9-11-17/h3-13,18,30H,14-15H2,1-2H3,(H,27,31). The monoisotopic (exact) mass is 497 g/mol. The van der Waals surface area contributed by atoms with E-state index in [0.717, 1.165) is 0 Å². The number of aliphatic hydroxyl groups is 1. The molecule has 1 amide bonds. The molecule has 2 aromatic heterocycles. The molecule has 1 atom stereocenters. The van der Waals surface area contributed by atoms with Gasteiger partial charge in [-0.05, 0) is 48.5 Å². The van der Waals surface area contributed by atoms with E-state index in [1.807, 2.05) is 0 Å². The number of hydrogen-bond acceptors (Lipinski definition) is 7. The summed E-state index contributed by atoms with van der Waals surface area (Å²) < 4.78 is 23.4. The minimum absolute atomic E-state index is 0.0554. The van der Waals surface area contributed by atoms with Crippen LogP contribution in [0.2, 0.25) is 5.02 Å². The second-order valence-electron chi connectivity index (χ2n) is 7.45. The molecule has 0 aliphatic carbocycles. The maximum Gasteiger partial charge on any atom is 0.271 e. The topological polar surface area (TPSA) is 108 Å². The van der Waals surface area contributed by atoms with Crippen molar-refractivity contribution in [3.63, 3.8) is 0 Å². The van der Waals surface area contributed by atoms with Crippen LogP contribution in [-0.2, 0) is 0 Å². The van der Waals surface area contributed by atoms with Gasteiger partial charge in [-0.15, -0.1) is 0 Å². The first-order valence-corrected chi connectivity index (χ1v) is 11.1. The van der Waals surface area contributed by atoms with Gasteiger partial charge in [-0.25, -0.2) is 4.68 Å². The first-order valence-electron chi connectivity index (χ1n) is 10.7. The Hall–Kier alpha value is -3.95. The van der Waals surface area contributed by atoms with E-state index in [9.17, 15) is 9.90 Å². The number of furan rings is 1. The van der Waals surface area contributed by atoms with Gasteiger partial charge in [0, 0.05) is 17.6 Å². The van der Waals surface area contributed by atoms with Crippen molar-refractivity contribution in [3.8, 4) is 34.4 Å². The second-order valence-corrected chi connectivity index (χ2v) is 7.88. The largest absolute Gasteiger partial charge is 0.493 e. The molecular formula is C25H24ClN3O6. The van der Waals surface area contributed by atoms with Crippen molar-refractivity contribution in [2.24, 2.45) is 0 Å². The van der Waals surface area contributed by atoms with E-state index in [2.05, 4.69) is 10.4 Å². The smallest absolute Gasteiger partial charge is 0.271 e. The minimum atomic E-state index is -0.989. The van der Waals surface area contributed by atoms with Crippen LogP contribution in [0.25, 0.3) is 17.1 Å². The van der Waals surface area contributed by atoms with Gasteiger partial charge >= 0.3 is 0 Å². The fourth-order valence-corrected chi connectivity index (χ4v) is 3.50. The Balaban J connectivity index is 1.44. The van der Waals surface area contributed by atoms with Crippen LogP contribution < -0.4 is 19.5 Å². The minimum Gasteiger partial charge on any atom is -0.493 e. The highest BCUT2D eigenvalue weighted by molar-refractivity contribution is 6.30. The fourth-order valence-electron chi connectivity index (χ4n) is 3.37. The van der Waals surface area contributed by atoms with Crippen LogP contribution >= 0.6 is 11.6 Å². The molecule has 0 saturated carbocycles. The molecule has 0 saturated heterocycles. The number of methoxy groups -OCH3 is 2. The number of para-hydroxylation sites is 1. The molecule has 1 unspecified atom stereocenters. The number of halogens is 1. The summed E-state index contributed by atoms with van der Waals surface area (Å²) in [5.41, 5.74) is 1.46. The quantitative estimate of drug-likeness (QED) is 0.341. The molecule has 0 bridgehead atoms. The zero-order valence-electron chi connectivity index (χ0n) is 19.1. The molecule has 0 aliphatic heterocycles. The Bertz CT molecular complexity index is 1250. The fraction of sp³-hybridized carbons (Fsp3) is 0.200. The van der Waals surface area contributed by atoms with Crippen LogP contribution in [0, 0.1) is 0 Å². The third kappa shape index (κ3) is 5.59. The molecule has 9 nitrogen and oxygen atoms in total. The van der Waals surface area contributed by atoms with E-state index >= 15 is 0 Å². The number of benzene rings is 2. The molecule has 4 rings (SSSR count). The number of ether oxygens (including phenoxy) is 3. The number of aliphatic hydroxyl groups excluding tert-OH is 1. The van der Waals surface area contributed by atoms with Crippen molar-refractivity contribution >= 4 is 17.5 Å². The highest BCUT2D eigenvalue weighted by atomic mass is 35.5. The number of carbonyl (C=O) groups is 1. The van der Waals surface area contributed by atoms with Gasteiger partial charge in [0.25, 0.3) is 5.91 Å². The van der Waals surface area contributed by atoms with Crippen LogP contribution in [-0.4, -0.2) is 54.3 Å². The molecule has 35 heavy (non-hydrogen) atoms. The SMILES string of the molecule is COc1cccc(OC)c1OCC(O)CNC(=O)c1cc(-c2ccco2)n(-c2ccc(Cl)cc2)n1. The summed E-state index contributed by atoms with van der Waals surface area (Å²) in [7, 11) is 3.02. The lowest BCUT2D eigenvalue weighted by Crippen LogP contribution is -2.35. The van der Waals surface area contributed by atoms with Crippen molar-refractivity contribution in [2.75, 3.05) is 27.4 Å². The molecule has 2 N–H and O–H groups in total. The van der Waals surface area contributed by atoms with E-state index in [1.54, 1.807) is 71.6 Å². The molecule has 0 radical (unpaired) electrons. The Morgan fingerprint density at radius 2 is 1.83 bits per heavy atom. The predicted molar refractivity (Wildman–Crippen MR) is 130 cm³/mol. The maximum absolute atomic E-state index is 12.8. The van der Waals surface area contributed by atoms with E-state index < -0.39 is 12.0 Å². The Morgan fingerprint density at radius 3 is 2.46 bits per heavy atom. The van der Waals surface area contributed by atoms with Gasteiger partial charge in [-0.3, -0.25) is 4.79 Å². The lowest BCUT2D eigenvalue weighted by Gasteiger charge is -2.16. The number of aromatic nitrogens is 2. The highest BCUT2D eigenvalue weighted by Gasteiger charge is 2.20. The molecule has 182 valence electrons. The van der Waals surface area contributed by atoms with Gasteiger partial charge in [-0.2, -0.15) is 5.10 Å². The van der Waals surface area contributed by atoms with Gasteiger partial charge in [-0.1, -0.05) is 17.7 Å². The number of nitrogens with one attached hydrogen (secondary N) is 1. The van der Waals surface area contributed by atoms with Crippen LogP contribution in [0.5, 0.6) is 17.2 Å². The van der Waals surface area contributed by atoms with Crippen LogP contribution in [0.15, 0.2) is 71.3 Å². The van der Waals surface area contributed by atoms with E-state index in [1.165, 1.54) is 14.2 Å². The molecule has 0 fully saturated rings. The molecule has 10 heteroatoms. The Morgan fingerprint density at radius 1 is 1.11 bits per heavy atom. The summed E-state index contributed by atoms with van der Waals surface area (Å²) in [5, 5.41) is 18.1. The van der Waals surface area contributed by atoms with E-state index in [0.29, 0.717) is 39.4 Å². The first kappa shape index (κ1) is 24.2. The maximum atomic E-state index is 12.8. The number of hydrogen-bond donors (Lipinski definition) is 2. The molecular weight excluding hydrogens is 474 g/mol. The lowest BCUT2D eigenvalue weighted by atomic mass is 10.2. The summed E-state index contributed by atoms with van der Waals surface area (Å²) in [5.74, 6) is 1.40. The van der Waals surface area contributed by atoms with Crippen LogP contribution in [0.3, 0.4) is 0 Å². The average molecular weight is 498 g/mol. The third-order valence-corrected chi connectivity index (χ3v) is 5.34. The van der Waals surface area contributed by atoms with Gasteiger partial charge in [0.15, 0.2) is 23.0 Å². The zero-order valence-corrected chi connectivity index (χ0v) is 19.9. The number of carbonyl (C=O) groups excluding carboxylic acids is 1. The molecule has 0 spiro atoms. The average Bonchev–Trinajstić information content (AvgIpc) is 3.56. The summed E-state index contributed by atoms with van der Waals surface area (Å²) in [6.45, 7) is -0.145. The number of rotatable bonds is 10. The zero-order chi connectivity index (χ0) is 24.8. The first-order chi connectivity index (χ1) is 17.0. The van der Waals surface area contributed by atoms with E-state index in [4.69, 9.17) is 30.2 Å². The van der Waals surface area contributed by atoms with Crippen molar-refractivity contribution in [3.05, 3.63) is 77.6 Å². The van der Waals surface area contributed by atoms with Gasteiger partial charge in [0.2, 0.25) is 5.75 Å². The van der Waals surface area contributed by atoms with Crippen LogP contribution in [0.1, 0.15) is 10.5 Å². The summed E-state index contributed by atoms with van der Waals surface area (Å²) in [4.78, 5) is 12.8. The van der Waals surface area contributed by atoms with E-state index in [-0.39, 0.29) is 18.8 Å².